The number of sulfone groups is 1. The molecule has 0 amide bonds. The molecule has 2 N–H and O–H groups in total. The summed E-state index contributed by atoms with van der Waals surface area (Å²) in [5, 5.41) is 2.68. The van der Waals surface area contributed by atoms with Crippen molar-refractivity contribution in [3.63, 3.8) is 0 Å². The van der Waals surface area contributed by atoms with Crippen LogP contribution < -0.4 is 10.0 Å². The quantitative estimate of drug-likeness (QED) is 0.751. The second-order valence-electron chi connectivity index (χ2n) is 4.47. The second-order valence-corrected chi connectivity index (χ2v) is 8.41. The van der Waals surface area contributed by atoms with Gasteiger partial charge in [0.15, 0.2) is 10.8 Å². The molecule has 0 bridgehead atoms. The molecule has 0 saturated heterocycles. The molecule has 0 aliphatic carbocycles. The number of imidazole rings is 1. The molecule has 0 aromatic carbocycles. The molecule has 0 saturated carbocycles. The van der Waals surface area contributed by atoms with E-state index in [2.05, 4.69) is 15.0 Å². The zero-order valence-electron chi connectivity index (χ0n) is 11.6. The van der Waals surface area contributed by atoms with Crippen LogP contribution in [0.25, 0.3) is 5.65 Å². The predicted octanol–water partition coefficient (Wildman–Crippen LogP) is -0.301. The van der Waals surface area contributed by atoms with Gasteiger partial charge in [0.05, 0.1) is 5.75 Å². The van der Waals surface area contributed by atoms with E-state index in [0.717, 1.165) is 6.26 Å². The number of rotatable bonds is 6. The summed E-state index contributed by atoms with van der Waals surface area (Å²) in [5.74, 6) is -0.0641. The average Bonchev–Trinajstić information content (AvgIpc) is 2.75. The van der Waals surface area contributed by atoms with Crippen LogP contribution in [0.4, 0.5) is 5.82 Å². The summed E-state index contributed by atoms with van der Waals surface area (Å²) in [6.45, 7) is -0.190. The van der Waals surface area contributed by atoms with Gasteiger partial charge < -0.3 is 5.32 Å². The SMILES string of the molecule is CNc1nc2ccccn2c1S(=O)(=O)NCCS(C)(=O)=O. The molecule has 10 heteroatoms. The lowest BCUT2D eigenvalue weighted by Gasteiger charge is -2.07. The zero-order chi connectivity index (χ0) is 15.7. The number of anilines is 1. The van der Waals surface area contributed by atoms with E-state index in [1.165, 1.54) is 4.40 Å². The molecule has 0 radical (unpaired) electrons. The van der Waals surface area contributed by atoms with Crippen LogP contribution in [0.5, 0.6) is 0 Å². The van der Waals surface area contributed by atoms with Crippen molar-refractivity contribution in [2.24, 2.45) is 0 Å². The lowest BCUT2D eigenvalue weighted by Crippen LogP contribution is -2.30. The van der Waals surface area contributed by atoms with Crippen molar-refractivity contribution >= 4 is 31.3 Å². The van der Waals surface area contributed by atoms with E-state index in [4.69, 9.17) is 0 Å². The first kappa shape index (κ1) is 15.7. The number of fused-ring (bicyclic) bond motifs is 1. The third-order valence-electron chi connectivity index (χ3n) is 2.74. The van der Waals surface area contributed by atoms with Crippen molar-refractivity contribution in [3.05, 3.63) is 24.4 Å². The molecule has 0 aliphatic rings. The number of nitrogens with zero attached hydrogens (tertiary/aromatic N) is 2. The van der Waals surface area contributed by atoms with Gasteiger partial charge in [-0.1, -0.05) is 6.07 Å². The van der Waals surface area contributed by atoms with Gasteiger partial charge in [-0.05, 0) is 12.1 Å². The standard InChI is InChI=1S/C11H16N4O4S2/c1-12-10-11(15-7-4-3-5-9(15)14-10)21(18,19)13-6-8-20(2,16)17/h3-5,7,12-13H,6,8H2,1-2H3. The lowest BCUT2D eigenvalue weighted by atomic mass is 10.5. The summed E-state index contributed by atoms with van der Waals surface area (Å²) in [4.78, 5) is 4.17. The molecule has 2 aromatic heterocycles. The maximum Gasteiger partial charge on any atom is 0.260 e. The molecule has 0 spiro atoms. The molecular formula is C11H16N4O4S2. The van der Waals surface area contributed by atoms with Gasteiger partial charge in [-0.2, -0.15) is 0 Å². The minimum Gasteiger partial charge on any atom is -0.371 e. The van der Waals surface area contributed by atoms with Crippen molar-refractivity contribution in [3.8, 4) is 0 Å². The van der Waals surface area contributed by atoms with Crippen molar-refractivity contribution in [2.45, 2.75) is 5.03 Å². The van der Waals surface area contributed by atoms with Gasteiger partial charge in [0.25, 0.3) is 10.0 Å². The first-order valence-corrected chi connectivity index (χ1v) is 9.61. The van der Waals surface area contributed by atoms with Gasteiger partial charge in [-0.15, -0.1) is 0 Å². The van der Waals surface area contributed by atoms with E-state index in [9.17, 15) is 16.8 Å². The molecule has 0 aliphatic heterocycles. The first-order valence-electron chi connectivity index (χ1n) is 6.07. The smallest absolute Gasteiger partial charge is 0.260 e. The highest BCUT2D eigenvalue weighted by atomic mass is 32.2. The minimum atomic E-state index is -3.89. The van der Waals surface area contributed by atoms with Gasteiger partial charge in [0.2, 0.25) is 0 Å². The Morgan fingerprint density at radius 1 is 1.24 bits per heavy atom. The fourth-order valence-electron chi connectivity index (χ4n) is 1.82. The van der Waals surface area contributed by atoms with Crippen LogP contribution in [0.15, 0.2) is 29.4 Å². The first-order chi connectivity index (χ1) is 9.74. The van der Waals surface area contributed by atoms with Crippen molar-refractivity contribution in [2.75, 3.05) is 30.9 Å². The molecule has 2 heterocycles. The molecule has 2 aromatic rings. The van der Waals surface area contributed by atoms with E-state index in [0.29, 0.717) is 5.65 Å². The van der Waals surface area contributed by atoms with Gasteiger partial charge in [0.1, 0.15) is 15.5 Å². The topological polar surface area (TPSA) is 110 Å². The normalized spacial score (nSPS) is 12.7. The molecule has 0 atom stereocenters. The highest BCUT2D eigenvalue weighted by molar-refractivity contribution is 7.91. The minimum absolute atomic E-state index is 0.0471. The van der Waals surface area contributed by atoms with Crippen LogP contribution in [0.3, 0.4) is 0 Å². The van der Waals surface area contributed by atoms with Crippen LogP contribution >= 0.6 is 0 Å². The van der Waals surface area contributed by atoms with Crippen LogP contribution in [0.1, 0.15) is 0 Å². The van der Waals surface area contributed by atoms with Crippen LogP contribution in [-0.2, 0) is 19.9 Å². The summed E-state index contributed by atoms with van der Waals surface area (Å²) < 4.78 is 50.6. The summed E-state index contributed by atoms with van der Waals surface area (Å²) in [7, 11) is -5.56. The van der Waals surface area contributed by atoms with E-state index in [1.54, 1.807) is 31.4 Å². The Bertz CT molecular complexity index is 855. The highest BCUT2D eigenvalue weighted by Crippen LogP contribution is 2.21. The Hall–Kier alpha value is -1.65. The van der Waals surface area contributed by atoms with Gasteiger partial charge in [-0.25, -0.2) is 26.5 Å². The Labute approximate surface area is 123 Å². The van der Waals surface area contributed by atoms with Crippen LogP contribution in [0, 0.1) is 0 Å². The van der Waals surface area contributed by atoms with E-state index >= 15 is 0 Å². The predicted molar refractivity (Wildman–Crippen MR) is 79.6 cm³/mol. The second kappa shape index (κ2) is 5.62. The molecule has 0 unspecified atom stereocenters. The molecule has 8 nitrogen and oxygen atoms in total. The third-order valence-corrected chi connectivity index (χ3v) is 5.17. The van der Waals surface area contributed by atoms with Crippen LogP contribution in [-0.4, -0.2) is 51.8 Å². The Morgan fingerprint density at radius 3 is 2.57 bits per heavy atom. The van der Waals surface area contributed by atoms with Gasteiger partial charge >= 0.3 is 0 Å². The Kier molecular flexibility index (Phi) is 4.21. The lowest BCUT2D eigenvalue weighted by molar-refractivity contribution is 0.578. The van der Waals surface area contributed by atoms with E-state index in [-0.39, 0.29) is 23.1 Å². The maximum absolute atomic E-state index is 12.4. The van der Waals surface area contributed by atoms with Gasteiger partial charge in [0, 0.05) is 26.0 Å². The van der Waals surface area contributed by atoms with Crippen molar-refractivity contribution in [1.82, 2.24) is 14.1 Å². The number of hydrogen-bond donors (Lipinski definition) is 2. The van der Waals surface area contributed by atoms with E-state index < -0.39 is 19.9 Å². The molecule has 0 fully saturated rings. The highest BCUT2D eigenvalue weighted by Gasteiger charge is 2.24. The van der Waals surface area contributed by atoms with Gasteiger partial charge in [-0.3, -0.25) is 4.40 Å². The number of pyridine rings is 1. The number of hydrogen-bond acceptors (Lipinski definition) is 6. The Morgan fingerprint density at radius 2 is 1.95 bits per heavy atom. The summed E-state index contributed by atoms with van der Waals surface area (Å²) >= 11 is 0. The summed E-state index contributed by atoms with van der Waals surface area (Å²) in [6.07, 6.45) is 2.63. The van der Waals surface area contributed by atoms with Crippen molar-refractivity contribution in [1.29, 1.82) is 0 Å². The number of nitrogens with one attached hydrogen (secondary N) is 2. The molecule has 116 valence electrons. The molecule has 21 heavy (non-hydrogen) atoms. The van der Waals surface area contributed by atoms with Crippen molar-refractivity contribution < 1.29 is 16.8 Å². The maximum atomic E-state index is 12.4. The molecule has 2 rings (SSSR count). The summed E-state index contributed by atoms with van der Waals surface area (Å²) in [5.41, 5.74) is 0.477. The average molecular weight is 332 g/mol. The number of sulfonamides is 1. The molecular weight excluding hydrogens is 316 g/mol. The van der Waals surface area contributed by atoms with E-state index in [1.807, 2.05) is 0 Å². The Balaban J connectivity index is 2.40. The fraction of sp³-hybridized carbons (Fsp3) is 0.364. The summed E-state index contributed by atoms with van der Waals surface area (Å²) in [6, 6.07) is 5.11. The fourth-order valence-corrected chi connectivity index (χ4v) is 3.75. The van der Waals surface area contributed by atoms with Crippen LogP contribution in [0.2, 0.25) is 0 Å². The third kappa shape index (κ3) is 3.52. The number of aromatic nitrogens is 2. The largest absolute Gasteiger partial charge is 0.371 e. The zero-order valence-corrected chi connectivity index (χ0v) is 13.2. The monoisotopic (exact) mass is 332 g/mol.